The van der Waals surface area contributed by atoms with Gasteiger partial charge in [0.25, 0.3) is 0 Å². The quantitative estimate of drug-likeness (QED) is 0.896. The summed E-state index contributed by atoms with van der Waals surface area (Å²) in [7, 11) is 0. The number of likely N-dealkylation sites (tertiary alicyclic amines) is 1. The van der Waals surface area contributed by atoms with Crippen molar-refractivity contribution in [3.05, 3.63) is 33.8 Å². The molecule has 1 heterocycles. The summed E-state index contributed by atoms with van der Waals surface area (Å²) in [6.45, 7) is 2.63. The van der Waals surface area contributed by atoms with Crippen LogP contribution in [0.1, 0.15) is 37.7 Å². The lowest BCUT2D eigenvalue weighted by Crippen LogP contribution is -2.49. The molecule has 1 aromatic carbocycles. The number of carboxylic acid groups (broad SMARTS) is 1. The van der Waals surface area contributed by atoms with Gasteiger partial charge in [0.1, 0.15) is 0 Å². The third kappa shape index (κ3) is 3.07. The van der Waals surface area contributed by atoms with Crippen molar-refractivity contribution in [1.82, 2.24) is 4.90 Å². The molecule has 4 nitrogen and oxygen atoms in total. The average Bonchev–Trinajstić information content (AvgIpc) is 3.29. The second-order valence-corrected chi connectivity index (χ2v) is 7.61. The van der Waals surface area contributed by atoms with E-state index in [9.17, 15) is 14.7 Å². The standard InChI is InChI=1S/C17H19Cl2NO3/c1-17(16(22)23)6-3-7-20(9-17)15(21)12-8-11(12)10-4-2-5-13(18)14(10)19/h2,4-5,11-12H,3,6-9H2,1H3,(H,22,23). The summed E-state index contributed by atoms with van der Waals surface area (Å²) in [6.07, 6.45) is 2.09. The van der Waals surface area contributed by atoms with Gasteiger partial charge in [-0.1, -0.05) is 35.3 Å². The van der Waals surface area contributed by atoms with Crippen LogP contribution in [0.15, 0.2) is 18.2 Å². The summed E-state index contributed by atoms with van der Waals surface area (Å²) in [5, 5.41) is 10.4. The highest BCUT2D eigenvalue weighted by atomic mass is 35.5. The highest BCUT2D eigenvalue weighted by Crippen LogP contribution is 2.52. The van der Waals surface area contributed by atoms with Crippen LogP contribution in [0.4, 0.5) is 0 Å². The Balaban J connectivity index is 1.71. The van der Waals surface area contributed by atoms with Crippen LogP contribution in [0.5, 0.6) is 0 Å². The Hall–Kier alpha value is -1.26. The maximum absolute atomic E-state index is 12.7. The molecule has 1 aromatic rings. The Morgan fingerprint density at radius 2 is 2.09 bits per heavy atom. The van der Waals surface area contributed by atoms with Crippen molar-refractivity contribution in [2.24, 2.45) is 11.3 Å². The van der Waals surface area contributed by atoms with Gasteiger partial charge in [-0.05, 0) is 43.7 Å². The molecule has 3 unspecified atom stereocenters. The zero-order valence-corrected chi connectivity index (χ0v) is 14.4. The predicted molar refractivity (Wildman–Crippen MR) is 88.9 cm³/mol. The minimum absolute atomic E-state index is 0.0400. The highest BCUT2D eigenvalue weighted by Gasteiger charge is 2.49. The van der Waals surface area contributed by atoms with Crippen molar-refractivity contribution in [2.75, 3.05) is 13.1 Å². The molecule has 1 saturated carbocycles. The molecule has 1 aliphatic heterocycles. The second-order valence-electron chi connectivity index (χ2n) is 6.82. The number of carbonyl (C=O) groups excluding carboxylic acids is 1. The first-order chi connectivity index (χ1) is 10.8. The van der Waals surface area contributed by atoms with Crippen LogP contribution < -0.4 is 0 Å². The first-order valence-corrected chi connectivity index (χ1v) is 8.55. The lowest BCUT2D eigenvalue weighted by Gasteiger charge is -2.37. The number of piperidine rings is 1. The number of benzene rings is 1. The molecule has 1 aliphatic carbocycles. The van der Waals surface area contributed by atoms with Gasteiger partial charge in [0.05, 0.1) is 15.5 Å². The van der Waals surface area contributed by atoms with Gasteiger partial charge < -0.3 is 10.0 Å². The van der Waals surface area contributed by atoms with Crippen molar-refractivity contribution < 1.29 is 14.7 Å². The number of carboxylic acids is 1. The first-order valence-electron chi connectivity index (χ1n) is 7.79. The number of hydrogen-bond acceptors (Lipinski definition) is 2. The summed E-state index contributed by atoms with van der Waals surface area (Å²) >= 11 is 12.3. The monoisotopic (exact) mass is 355 g/mol. The fraction of sp³-hybridized carbons (Fsp3) is 0.529. The Bertz CT molecular complexity index is 663. The molecule has 3 atom stereocenters. The van der Waals surface area contributed by atoms with Gasteiger partial charge in [-0.3, -0.25) is 9.59 Å². The number of nitrogens with zero attached hydrogens (tertiary/aromatic N) is 1. The lowest BCUT2D eigenvalue weighted by molar-refractivity contribution is -0.153. The molecule has 124 valence electrons. The molecule has 3 rings (SSSR count). The molecular formula is C17H19Cl2NO3. The fourth-order valence-electron chi connectivity index (χ4n) is 3.46. The van der Waals surface area contributed by atoms with Gasteiger partial charge in [0.2, 0.25) is 5.91 Å². The molecule has 1 N–H and O–H groups in total. The lowest BCUT2D eigenvalue weighted by atomic mass is 9.82. The molecule has 0 aromatic heterocycles. The van der Waals surface area contributed by atoms with Crippen molar-refractivity contribution in [1.29, 1.82) is 0 Å². The number of aliphatic carboxylic acids is 1. The van der Waals surface area contributed by atoms with E-state index in [1.165, 1.54) is 0 Å². The van der Waals surface area contributed by atoms with Crippen molar-refractivity contribution >= 4 is 35.1 Å². The normalized spacial score (nSPS) is 30.1. The number of rotatable bonds is 3. The van der Waals surface area contributed by atoms with Crippen LogP contribution in [-0.4, -0.2) is 35.0 Å². The van der Waals surface area contributed by atoms with Gasteiger partial charge >= 0.3 is 5.97 Å². The molecule has 0 radical (unpaired) electrons. The van der Waals surface area contributed by atoms with E-state index in [0.717, 1.165) is 18.4 Å². The molecule has 1 amide bonds. The summed E-state index contributed by atoms with van der Waals surface area (Å²) in [6, 6.07) is 5.48. The van der Waals surface area contributed by atoms with E-state index in [2.05, 4.69) is 0 Å². The van der Waals surface area contributed by atoms with Gasteiger partial charge in [-0.2, -0.15) is 0 Å². The molecule has 1 saturated heterocycles. The number of carbonyl (C=O) groups is 2. The van der Waals surface area contributed by atoms with E-state index in [4.69, 9.17) is 23.2 Å². The van der Waals surface area contributed by atoms with E-state index in [1.807, 2.05) is 12.1 Å². The van der Waals surface area contributed by atoms with Crippen LogP contribution >= 0.6 is 23.2 Å². The topological polar surface area (TPSA) is 57.6 Å². The number of hydrogen-bond donors (Lipinski definition) is 1. The first kappa shape index (κ1) is 16.6. The van der Waals surface area contributed by atoms with Crippen LogP contribution in [0.25, 0.3) is 0 Å². The van der Waals surface area contributed by atoms with Gasteiger partial charge in [-0.25, -0.2) is 0 Å². The number of halogens is 2. The Morgan fingerprint density at radius 1 is 1.35 bits per heavy atom. The largest absolute Gasteiger partial charge is 0.481 e. The zero-order chi connectivity index (χ0) is 16.8. The van der Waals surface area contributed by atoms with Crippen molar-refractivity contribution in [3.63, 3.8) is 0 Å². The second kappa shape index (κ2) is 5.99. The molecule has 0 bridgehead atoms. The van der Waals surface area contributed by atoms with Crippen molar-refractivity contribution in [2.45, 2.75) is 32.1 Å². The number of amides is 1. The summed E-state index contributed by atoms with van der Waals surface area (Å²) < 4.78 is 0. The van der Waals surface area contributed by atoms with Crippen LogP contribution in [0, 0.1) is 11.3 Å². The van der Waals surface area contributed by atoms with Crippen molar-refractivity contribution in [3.8, 4) is 0 Å². The predicted octanol–water partition coefficient (Wildman–Crippen LogP) is 3.81. The zero-order valence-electron chi connectivity index (χ0n) is 12.9. The van der Waals surface area contributed by atoms with Crippen LogP contribution in [0.3, 0.4) is 0 Å². The Labute approximate surface area is 145 Å². The molecule has 23 heavy (non-hydrogen) atoms. The smallest absolute Gasteiger partial charge is 0.311 e. The van der Waals surface area contributed by atoms with Gasteiger partial charge in [0.15, 0.2) is 0 Å². The maximum Gasteiger partial charge on any atom is 0.311 e. The summed E-state index contributed by atoms with van der Waals surface area (Å²) in [4.78, 5) is 25.8. The minimum Gasteiger partial charge on any atom is -0.481 e. The van der Waals surface area contributed by atoms with Crippen LogP contribution in [-0.2, 0) is 9.59 Å². The summed E-state index contributed by atoms with van der Waals surface area (Å²) in [5.74, 6) is -0.813. The van der Waals surface area contributed by atoms with Gasteiger partial charge in [0, 0.05) is 19.0 Å². The van der Waals surface area contributed by atoms with E-state index >= 15 is 0 Å². The molecule has 6 heteroatoms. The Morgan fingerprint density at radius 3 is 2.78 bits per heavy atom. The van der Waals surface area contributed by atoms with Crippen LogP contribution in [0.2, 0.25) is 10.0 Å². The molecule has 2 aliphatic rings. The van der Waals surface area contributed by atoms with E-state index in [-0.39, 0.29) is 24.3 Å². The highest BCUT2D eigenvalue weighted by molar-refractivity contribution is 6.42. The minimum atomic E-state index is -0.841. The average molecular weight is 356 g/mol. The molecular weight excluding hydrogens is 337 g/mol. The van der Waals surface area contributed by atoms with E-state index in [1.54, 1.807) is 17.9 Å². The Kier molecular flexibility index (Phi) is 4.32. The fourth-order valence-corrected chi connectivity index (χ4v) is 3.90. The third-order valence-corrected chi connectivity index (χ3v) is 5.85. The van der Waals surface area contributed by atoms with Gasteiger partial charge in [-0.15, -0.1) is 0 Å². The SMILES string of the molecule is CC1(C(=O)O)CCCN(C(=O)C2CC2c2cccc(Cl)c2Cl)C1. The van der Waals surface area contributed by atoms with E-state index < -0.39 is 11.4 Å². The summed E-state index contributed by atoms with van der Waals surface area (Å²) in [5.41, 5.74) is 0.0712. The maximum atomic E-state index is 12.7. The molecule has 0 spiro atoms. The third-order valence-electron chi connectivity index (χ3n) is 5.01. The van der Waals surface area contributed by atoms with E-state index in [0.29, 0.717) is 23.0 Å². The molecule has 2 fully saturated rings.